The zero-order valence-electron chi connectivity index (χ0n) is 24.2. The number of primary amides is 2. The highest BCUT2D eigenvalue weighted by Gasteiger charge is 2.35. The van der Waals surface area contributed by atoms with Crippen molar-refractivity contribution in [3.63, 3.8) is 0 Å². The van der Waals surface area contributed by atoms with Crippen LogP contribution in [0.25, 0.3) is 0 Å². The minimum atomic E-state index is -0.525. The van der Waals surface area contributed by atoms with E-state index in [1.807, 2.05) is 0 Å². The van der Waals surface area contributed by atoms with E-state index in [2.05, 4.69) is 10.6 Å². The maximum atomic E-state index is 12.0. The van der Waals surface area contributed by atoms with E-state index in [0.29, 0.717) is 47.0 Å². The highest BCUT2D eigenvalue weighted by atomic mass is 32.1. The number of hydrogen-bond acceptors (Lipinski definition) is 9. The first-order chi connectivity index (χ1) is 20.6. The first-order valence-corrected chi connectivity index (χ1v) is 16.5. The van der Waals surface area contributed by atoms with Gasteiger partial charge in [-0.05, 0) is 88.2 Å². The van der Waals surface area contributed by atoms with Gasteiger partial charge in [0.1, 0.15) is 10.0 Å². The molecule has 6 rings (SSSR count). The molecule has 0 radical (unpaired) electrons. The molecule has 2 unspecified atom stereocenters. The molecule has 0 saturated heterocycles. The fourth-order valence-corrected chi connectivity index (χ4v) is 8.38. The molecule has 2 heterocycles. The summed E-state index contributed by atoms with van der Waals surface area (Å²) >= 11 is 2.80. The van der Waals surface area contributed by atoms with Gasteiger partial charge in [0.25, 0.3) is 11.8 Å². The summed E-state index contributed by atoms with van der Waals surface area (Å²) < 4.78 is 5.09. The van der Waals surface area contributed by atoms with Gasteiger partial charge in [0, 0.05) is 28.2 Å². The zero-order valence-corrected chi connectivity index (χ0v) is 25.8. The molecule has 2 saturated carbocycles. The Morgan fingerprint density at radius 1 is 0.767 bits per heavy atom. The molecule has 232 valence electrons. The van der Waals surface area contributed by atoms with Crippen molar-refractivity contribution in [3.05, 3.63) is 32.0 Å². The molecule has 4 amide bonds. The van der Waals surface area contributed by atoms with E-state index in [1.54, 1.807) is 6.92 Å². The van der Waals surface area contributed by atoms with Crippen molar-refractivity contribution in [1.82, 2.24) is 0 Å². The second kappa shape index (κ2) is 13.1. The Morgan fingerprint density at radius 2 is 1.26 bits per heavy atom. The number of hydrogen-bond donors (Lipinski definition) is 5. The summed E-state index contributed by atoms with van der Waals surface area (Å²) in [6.07, 6.45) is 7.79. The van der Waals surface area contributed by atoms with Crippen LogP contribution in [0.3, 0.4) is 0 Å². The van der Waals surface area contributed by atoms with Gasteiger partial charge in [-0.25, -0.2) is 0 Å². The molecular weight excluding hydrogens is 592 g/mol. The summed E-state index contributed by atoms with van der Waals surface area (Å²) in [5.74, 6) is -1.04. The first kappa shape index (κ1) is 31.1. The van der Waals surface area contributed by atoms with E-state index < -0.39 is 11.8 Å². The maximum Gasteiger partial charge on any atom is 0.309 e. The van der Waals surface area contributed by atoms with E-state index in [0.717, 1.165) is 65.8 Å². The number of anilines is 2. The van der Waals surface area contributed by atoms with Gasteiger partial charge in [0.2, 0.25) is 11.8 Å². The third-order valence-corrected chi connectivity index (χ3v) is 10.7. The van der Waals surface area contributed by atoms with Crippen molar-refractivity contribution < 1.29 is 33.8 Å². The first-order valence-electron chi connectivity index (χ1n) is 14.9. The van der Waals surface area contributed by atoms with Crippen LogP contribution in [0, 0.1) is 23.7 Å². The molecule has 0 bridgehead atoms. The van der Waals surface area contributed by atoms with Crippen molar-refractivity contribution in [3.8, 4) is 0 Å². The van der Waals surface area contributed by atoms with Crippen LogP contribution in [0.5, 0.6) is 0 Å². The molecule has 13 heteroatoms. The highest BCUT2D eigenvalue weighted by molar-refractivity contribution is 7.17. The fourth-order valence-electron chi connectivity index (χ4n) is 5.67. The number of ether oxygens (including phenoxy) is 1. The largest absolute Gasteiger partial charge is 0.466 e. The molecule has 7 N–H and O–H groups in total. The van der Waals surface area contributed by atoms with Gasteiger partial charge in [-0.1, -0.05) is 0 Å². The van der Waals surface area contributed by atoms with Crippen LogP contribution in [-0.4, -0.2) is 47.9 Å². The van der Waals surface area contributed by atoms with E-state index in [-0.39, 0.29) is 48.1 Å². The van der Waals surface area contributed by atoms with Crippen LogP contribution in [0.4, 0.5) is 10.0 Å². The summed E-state index contributed by atoms with van der Waals surface area (Å²) in [4.78, 5) is 61.4. The minimum absolute atomic E-state index is 0.00944. The molecule has 11 nitrogen and oxygen atoms in total. The molecule has 2 aromatic heterocycles. The standard InChI is InChI=1S/C16H20N2O4S.C14H18N2O3S/c1-2-22-16(21)9-5-6-10-11(7-9)23-15(12(10)13(17)19)18-14(20)8-3-4-8;15-12(18)11-9-4-1-7(6-17)5-10(9)20-14(11)16-13(19)8-2-3-8/h8-9H,2-7H2,1H3,(H2,17,19)(H,18,20);7-8,17H,1-6H2,(H2,15,18)(H,16,19). The summed E-state index contributed by atoms with van der Waals surface area (Å²) in [6.45, 7) is 2.31. The SMILES string of the molecule is CCOC(=O)C1CCc2c(sc(NC(=O)C3CC3)c2C(N)=O)C1.NC(=O)c1c(NC(=O)C2CC2)sc2c1CCC(CO)C2. The molecule has 0 aliphatic heterocycles. The molecule has 4 aliphatic rings. The Morgan fingerprint density at radius 3 is 1.70 bits per heavy atom. The van der Waals surface area contributed by atoms with Gasteiger partial charge in [0.05, 0.1) is 23.7 Å². The lowest BCUT2D eigenvalue weighted by Crippen LogP contribution is -2.25. The molecular formula is C30H38N4O7S2. The lowest BCUT2D eigenvalue weighted by molar-refractivity contribution is -0.148. The van der Waals surface area contributed by atoms with Gasteiger partial charge in [0.15, 0.2) is 0 Å². The predicted molar refractivity (Wildman–Crippen MR) is 163 cm³/mol. The average molecular weight is 631 g/mol. The lowest BCUT2D eigenvalue weighted by Gasteiger charge is -2.20. The van der Waals surface area contributed by atoms with Gasteiger partial charge < -0.3 is 31.9 Å². The van der Waals surface area contributed by atoms with E-state index in [1.165, 1.54) is 22.7 Å². The van der Waals surface area contributed by atoms with Crippen molar-refractivity contribution in [1.29, 1.82) is 0 Å². The second-order valence-electron chi connectivity index (χ2n) is 11.7. The van der Waals surface area contributed by atoms with Gasteiger partial charge in [-0.2, -0.15) is 0 Å². The molecule has 0 aromatic carbocycles. The fraction of sp³-hybridized carbons (Fsp3) is 0.567. The second-order valence-corrected chi connectivity index (χ2v) is 13.9. The number of esters is 1. The third kappa shape index (κ3) is 7.10. The van der Waals surface area contributed by atoms with E-state index >= 15 is 0 Å². The normalized spacial score (nSPS) is 20.5. The number of nitrogens with one attached hydrogen (secondary N) is 2. The lowest BCUT2D eigenvalue weighted by atomic mass is 9.87. The number of aliphatic hydroxyl groups excluding tert-OH is 1. The highest BCUT2D eigenvalue weighted by Crippen LogP contribution is 2.42. The molecule has 2 fully saturated rings. The van der Waals surface area contributed by atoms with Crippen LogP contribution in [0.1, 0.15) is 87.0 Å². The molecule has 43 heavy (non-hydrogen) atoms. The Balaban J connectivity index is 0.000000173. The van der Waals surface area contributed by atoms with Crippen LogP contribution >= 0.6 is 22.7 Å². The Bertz CT molecular complexity index is 1440. The van der Waals surface area contributed by atoms with Crippen molar-refractivity contribution in [2.75, 3.05) is 23.8 Å². The van der Waals surface area contributed by atoms with Crippen LogP contribution in [-0.2, 0) is 44.8 Å². The number of rotatable bonds is 9. The van der Waals surface area contributed by atoms with Crippen molar-refractivity contribution in [2.45, 2.75) is 71.1 Å². The van der Waals surface area contributed by atoms with Crippen LogP contribution in [0.2, 0.25) is 0 Å². The third-order valence-electron chi connectivity index (χ3n) is 8.37. The summed E-state index contributed by atoms with van der Waals surface area (Å²) in [5.41, 5.74) is 13.8. The smallest absolute Gasteiger partial charge is 0.309 e. The molecule has 2 atom stereocenters. The molecule has 4 aliphatic carbocycles. The van der Waals surface area contributed by atoms with Crippen LogP contribution in [0.15, 0.2) is 0 Å². The predicted octanol–water partition coefficient (Wildman–Crippen LogP) is 3.16. The molecule has 2 aromatic rings. The Kier molecular flexibility index (Phi) is 9.52. The summed E-state index contributed by atoms with van der Waals surface area (Å²) in [6, 6.07) is 0. The Labute approximate surface area is 257 Å². The average Bonchev–Trinajstić information content (AvgIpc) is 3.90. The number of carbonyl (C=O) groups excluding carboxylic acids is 5. The Hall–Kier alpha value is -3.29. The molecule has 0 spiro atoms. The van der Waals surface area contributed by atoms with E-state index in [4.69, 9.17) is 16.2 Å². The number of carbonyl (C=O) groups is 5. The van der Waals surface area contributed by atoms with Gasteiger partial charge >= 0.3 is 5.97 Å². The van der Waals surface area contributed by atoms with E-state index in [9.17, 15) is 29.1 Å². The maximum absolute atomic E-state index is 12.0. The minimum Gasteiger partial charge on any atom is -0.466 e. The topological polar surface area (TPSA) is 191 Å². The summed E-state index contributed by atoms with van der Waals surface area (Å²) in [7, 11) is 0. The number of thiophene rings is 2. The quantitative estimate of drug-likeness (QED) is 0.263. The van der Waals surface area contributed by atoms with Crippen molar-refractivity contribution >= 4 is 62.3 Å². The van der Waals surface area contributed by atoms with Crippen LogP contribution < -0.4 is 22.1 Å². The number of amides is 4. The zero-order chi connectivity index (χ0) is 30.8. The van der Waals surface area contributed by atoms with Gasteiger partial charge in [-0.15, -0.1) is 22.7 Å². The monoisotopic (exact) mass is 630 g/mol. The summed E-state index contributed by atoms with van der Waals surface area (Å²) in [5, 5.41) is 16.1. The number of fused-ring (bicyclic) bond motifs is 2. The van der Waals surface area contributed by atoms with Gasteiger partial charge in [-0.3, -0.25) is 24.0 Å². The number of aliphatic hydroxyl groups is 1. The number of nitrogens with two attached hydrogens (primary N) is 2. The van der Waals surface area contributed by atoms with Crippen molar-refractivity contribution in [2.24, 2.45) is 35.1 Å².